The van der Waals surface area contributed by atoms with Crippen LogP contribution in [-0.2, 0) is 16.0 Å². The first-order valence-corrected chi connectivity index (χ1v) is 12.7. The highest BCUT2D eigenvalue weighted by atomic mass is 16.6. The van der Waals surface area contributed by atoms with Gasteiger partial charge in [0.05, 0.1) is 11.5 Å². The van der Waals surface area contributed by atoms with E-state index < -0.39 is 17.5 Å². The van der Waals surface area contributed by atoms with Crippen LogP contribution in [0.1, 0.15) is 100 Å². The third-order valence-corrected chi connectivity index (χ3v) is 6.93. The number of carboxylic acid groups (broad SMARTS) is 1. The maximum atomic E-state index is 12.2. The average Bonchev–Trinajstić information content (AvgIpc) is 2.78. The normalized spacial score (nSPS) is 17.4. The van der Waals surface area contributed by atoms with Gasteiger partial charge in [-0.3, -0.25) is 4.79 Å². The lowest BCUT2D eigenvalue weighted by Gasteiger charge is -2.33. The van der Waals surface area contributed by atoms with Gasteiger partial charge in [0, 0.05) is 0 Å². The number of carbonyl (C=O) groups is 2. The number of benzene rings is 2. The lowest BCUT2D eigenvalue weighted by Crippen LogP contribution is -2.23. The zero-order valence-electron chi connectivity index (χ0n) is 22.1. The Bertz CT molecular complexity index is 1050. The lowest BCUT2D eigenvalue weighted by atomic mass is 9.72. The van der Waals surface area contributed by atoms with Crippen LogP contribution in [0.3, 0.4) is 0 Å². The maximum absolute atomic E-state index is 12.2. The number of hydrogen-bond acceptors (Lipinski definition) is 3. The Kier molecular flexibility index (Phi) is 8.25. The fourth-order valence-corrected chi connectivity index (χ4v) is 4.70. The molecule has 0 bridgehead atoms. The quantitative estimate of drug-likeness (QED) is 0.416. The third-order valence-electron chi connectivity index (χ3n) is 6.93. The monoisotopic (exact) mass is 476 g/mol. The van der Waals surface area contributed by atoms with Crippen LogP contribution in [0.4, 0.5) is 0 Å². The molecule has 2 aromatic rings. The van der Waals surface area contributed by atoms with Crippen molar-refractivity contribution in [2.24, 2.45) is 11.3 Å². The first-order valence-electron chi connectivity index (χ1n) is 12.7. The van der Waals surface area contributed by atoms with Crippen molar-refractivity contribution >= 4 is 17.5 Å². The van der Waals surface area contributed by atoms with Gasteiger partial charge < -0.3 is 9.84 Å². The molecule has 0 radical (unpaired) electrons. The molecule has 3 rings (SSSR count). The highest BCUT2D eigenvalue weighted by molar-refractivity contribution is 5.89. The molecule has 2 atom stereocenters. The molecule has 0 heterocycles. The molecule has 4 nitrogen and oxygen atoms in total. The summed E-state index contributed by atoms with van der Waals surface area (Å²) in [7, 11) is 0. The number of allylic oxidation sites excluding steroid dienone is 2. The SMILES string of the molecule is CC(C)(C)OC(=O)c1ccc(CCC(C(=O)O)c2ccc(C3=CCC(C(C)(C)C)CC3)cc2)cc1. The molecule has 1 aliphatic carbocycles. The molecular weight excluding hydrogens is 436 g/mol. The third kappa shape index (κ3) is 7.55. The molecule has 4 heteroatoms. The van der Waals surface area contributed by atoms with E-state index in [4.69, 9.17) is 4.74 Å². The molecule has 1 aliphatic rings. The summed E-state index contributed by atoms with van der Waals surface area (Å²) >= 11 is 0. The molecule has 1 N–H and O–H groups in total. The molecule has 188 valence electrons. The van der Waals surface area contributed by atoms with Crippen molar-refractivity contribution in [2.75, 3.05) is 0 Å². The second-order valence-electron chi connectivity index (χ2n) is 11.8. The minimum atomic E-state index is -0.812. The molecule has 35 heavy (non-hydrogen) atoms. The fourth-order valence-electron chi connectivity index (χ4n) is 4.70. The maximum Gasteiger partial charge on any atom is 0.338 e. The van der Waals surface area contributed by atoms with Gasteiger partial charge in [-0.15, -0.1) is 0 Å². The van der Waals surface area contributed by atoms with E-state index in [2.05, 4.69) is 39.0 Å². The van der Waals surface area contributed by atoms with Crippen molar-refractivity contribution < 1.29 is 19.4 Å². The summed E-state index contributed by atoms with van der Waals surface area (Å²) in [4.78, 5) is 24.3. The summed E-state index contributed by atoms with van der Waals surface area (Å²) in [5.74, 6) is -1.03. The number of hydrogen-bond donors (Lipinski definition) is 1. The lowest BCUT2D eigenvalue weighted by molar-refractivity contribution is -0.139. The molecule has 2 aromatic carbocycles. The van der Waals surface area contributed by atoms with E-state index in [-0.39, 0.29) is 5.97 Å². The highest BCUT2D eigenvalue weighted by Gasteiger charge is 2.27. The molecule has 0 aromatic heterocycles. The van der Waals surface area contributed by atoms with Gasteiger partial charge in [0.15, 0.2) is 0 Å². The van der Waals surface area contributed by atoms with E-state index in [1.165, 1.54) is 17.6 Å². The molecule has 0 saturated carbocycles. The van der Waals surface area contributed by atoms with E-state index >= 15 is 0 Å². The summed E-state index contributed by atoms with van der Waals surface area (Å²) in [6.07, 6.45) is 6.85. The van der Waals surface area contributed by atoms with Crippen molar-refractivity contribution in [2.45, 2.75) is 85.2 Å². The molecule has 0 amide bonds. The number of aliphatic carboxylic acids is 1. The van der Waals surface area contributed by atoms with E-state index in [0.29, 0.717) is 29.7 Å². The Labute approximate surface area is 210 Å². The average molecular weight is 477 g/mol. The van der Waals surface area contributed by atoms with Gasteiger partial charge in [0.2, 0.25) is 0 Å². The molecular formula is C31H40O4. The van der Waals surface area contributed by atoms with Crippen molar-refractivity contribution in [3.05, 3.63) is 76.9 Å². The van der Waals surface area contributed by atoms with Crippen LogP contribution >= 0.6 is 0 Å². The van der Waals surface area contributed by atoms with Crippen LogP contribution in [0, 0.1) is 11.3 Å². The number of aryl methyl sites for hydroxylation is 1. The Morgan fingerprint density at radius 1 is 0.971 bits per heavy atom. The Morgan fingerprint density at radius 2 is 1.60 bits per heavy atom. The van der Waals surface area contributed by atoms with Gasteiger partial charge in [-0.1, -0.05) is 63.2 Å². The van der Waals surface area contributed by atoms with E-state index in [1.54, 1.807) is 12.1 Å². The van der Waals surface area contributed by atoms with Crippen molar-refractivity contribution in [3.8, 4) is 0 Å². The van der Waals surface area contributed by atoms with E-state index in [9.17, 15) is 14.7 Å². The largest absolute Gasteiger partial charge is 0.481 e. The highest BCUT2D eigenvalue weighted by Crippen LogP contribution is 2.39. The van der Waals surface area contributed by atoms with E-state index in [1.807, 2.05) is 45.0 Å². The van der Waals surface area contributed by atoms with Gasteiger partial charge in [-0.05, 0) is 98.6 Å². The number of rotatable bonds is 7. The van der Waals surface area contributed by atoms with Gasteiger partial charge in [-0.2, -0.15) is 0 Å². The number of ether oxygens (including phenoxy) is 1. The van der Waals surface area contributed by atoms with E-state index in [0.717, 1.165) is 24.0 Å². The summed E-state index contributed by atoms with van der Waals surface area (Å²) in [5.41, 5.74) is 4.69. The van der Waals surface area contributed by atoms with Crippen LogP contribution in [0.25, 0.3) is 5.57 Å². The summed E-state index contributed by atoms with van der Waals surface area (Å²) in [6.45, 7) is 12.5. The zero-order chi connectivity index (χ0) is 25.8. The predicted octanol–water partition coefficient (Wildman–Crippen LogP) is 7.67. The first kappa shape index (κ1) is 26.7. The zero-order valence-corrected chi connectivity index (χ0v) is 22.1. The Morgan fingerprint density at radius 3 is 2.09 bits per heavy atom. The van der Waals surface area contributed by atoms with Crippen LogP contribution in [0.15, 0.2) is 54.6 Å². The minimum Gasteiger partial charge on any atom is -0.481 e. The fraction of sp³-hybridized carbons (Fsp3) is 0.484. The topological polar surface area (TPSA) is 63.6 Å². The number of esters is 1. The van der Waals surface area contributed by atoms with Crippen LogP contribution < -0.4 is 0 Å². The van der Waals surface area contributed by atoms with Crippen LogP contribution in [0.5, 0.6) is 0 Å². The van der Waals surface area contributed by atoms with Crippen molar-refractivity contribution in [1.82, 2.24) is 0 Å². The second-order valence-corrected chi connectivity index (χ2v) is 11.8. The molecule has 0 fully saturated rings. The summed E-state index contributed by atoms with van der Waals surface area (Å²) in [6, 6.07) is 15.3. The summed E-state index contributed by atoms with van der Waals surface area (Å²) in [5, 5.41) is 9.88. The van der Waals surface area contributed by atoms with Crippen molar-refractivity contribution in [3.63, 3.8) is 0 Å². The number of carboxylic acids is 1. The van der Waals surface area contributed by atoms with Gasteiger partial charge in [0.1, 0.15) is 5.60 Å². The van der Waals surface area contributed by atoms with Crippen LogP contribution in [-0.4, -0.2) is 22.6 Å². The standard InChI is InChI=1S/C31H40O4/c1-30(2,3)26-18-16-23(17-19-26)22-12-14-24(15-13-22)27(28(32)33)20-9-21-7-10-25(11-8-21)29(34)35-31(4,5)6/h7-8,10-16,26-27H,9,17-20H2,1-6H3,(H,32,33). The second kappa shape index (κ2) is 10.8. The van der Waals surface area contributed by atoms with Crippen LogP contribution in [0.2, 0.25) is 0 Å². The minimum absolute atomic E-state index is 0.330. The first-order chi connectivity index (χ1) is 16.3. The smallest absolute Gasteiger partial charge is 0.338 e. The van der Waals surface area contributed by atoms with Crippen molar-refractivity contribution in [1.29, 1.82) is 0 Å². The Balaban J connectivity index is 1.63. The predicted molar refractivity (Wildman–Crippen MR) is 142 cm³/mol. The molecule has 0 spiro atoms. The molecule has 0 saturated heterocycles. The van der Waals surface area contributed by atoms with Gasteiger partial charge in [0.25, 0.3) is 0 Å². The number of carbonyl (C=O) groups excluding carboxylic acids is 1. The molecule has 0 aliphatic heterocycles. The van der Waals surface area contributed by atoms with Gasteiger partial charge in [-0.25, -0.2) is 4.79 Å². The molecule has 2 unspecified atom stereocenters. The van der Waals surface area contributed by atoms with Gasteiger partial charge >= 0.3 is 11.9 Å². The Hall–Kier alpha value is -2.88. The summed E-state index contributed by atoms with van der Waals surface area (Å²) < 4.78 is 5.40.